The third-order valence-corrected chi connectivity index (χ3v) is 2.47. The molecule has 1 aliphatic heterocycles. The minimum Gasteiger partial charge on any atom is -0.381 e. The molecule has 2 nitrogen and oxygen atoms in total. The summed E-state index contributed by atoms with van der Waals surface area (Å²) in [5.41, 5.74) is 5.92. The summed E-state index contributed by atoms with van der Waals surface area (Å²) in [7, 11) is 0. The fraction of sp³-hybridized carbons (Fsp3) is 1.00. The lowest BCUT2D eigenvalue weighted by molar-refractivity contribution is -0.0279. The van der Waals surface area contributed by atoms with Gasteiger partial charge in [0, 0.05) is 6.61 Å². The Hall–Kier alpha value is -0.0800. The van der Waals surface area contributed by atoms with Gasteiger partial charge in [0.25, 0.3) is 0 Å². The van der Waals surface area contributed by atoms with Crippen LogP contribution in [0.15, 0.2) is 0 Å². The summed E-state index contributed by atoms with van der Waals surface area (Å²) in [5.74, 6) is 0.654. The molecule has 1 atom stereocenters. The molecule has 0 saturated carbocycles. The molecule has 2 N–H and O–H groups in total. The van der Waals surface area contributed by atoms with Crippen molar-refractivity contribution in [3.05, 3.63) is 0 Å². The van der Waals surface area contributed by atoms with E-state index in [0.29, 0.717) is 11.3 Å². The molecule has 0 aromatic carbocycles. The maximum Gasteiger partial charge on any atom is 0.0520 e. The summed E-state index contributed by atoms with van der Waals surface area (Å²) >= 11 is 0. The highest BCUT2D eigenvalue weighted by molar-refractivity contribution is 4.81. The van der Waals surface area contributed by atoms with Crippen molar-refractivity contribution in [2.45, 2.75) is 20.3 Å². The Morgan fingerprint density at radius 2 is 2.30 bits per heavy atom. The highest BCUT2D eigenvalue weighted by Crippen LogP contribution is 2.32. The van der Waals surface area contributed by atoms with Crippen molar-refractivity contribution < 1.29 is 4.74 Å². The molecule has 1 saturated heterocycles. The molecule has 1 rings (SSSR count). The van der Waals surface area contributed by atoms with Crippen molar-refractivity contribution in [3.63, 3.8) is 0 Å². The van der Waals surface area contributed by atoms with E-state index in [2.05, 4.69) is 13.8 Å². The molecule has 0 amide bonds. The zero-order valence-corrected chi connectivity index (χ0v) is 6.89. The topological polar surface area (TPSA) is 35.2 Å². The van der Waals surface area contributed by atoms with Gasteiger partial charge in [0.2, 0.25) is 0 Å². The minimum atomic E-state index is 0.299. The van der Waals surface area contributed by atoms with Gasteiger partial charge in [-0.2, -0.15) is 0 Å². The van der Waals surface area contributed by atoms with E-state index < -0.39 is 0 Å². The second-order valence-corrected chi connectivity index (χ2v) is 3.76. The van der Waals surface area contributed by atoms with Crippen LogP contribution < -0.4 is 5.73 Å². The van der Waals surface area contributed by atoms with Crippen LogP contribution in [0.5, 0.6) is 0 Å². The van der Waals surface area contributed by atoms with Crippen molar-refractivity contribution in [1.82, 2.24) is 0 Å². The quantitative estimate of drug-likeness (QED) is 0.594. The molecular weight excluding hydrogens is 126 g/mol. The van der Waals surface area contributed by atoms with Gasteiger partial charge in [-0.1, -0.05) is 13.8 Å². The van der Waals surface area contributed by atoms with Gasteiger partial charge in [0.05, 0.1) is 6.61 Å². The van der Waals surface area contributed by atoms with Crippen LogP contribution in [0, 0.1) is 11.3 Å². The summed E-state index contributed by atoms with van der Waals surface area (Å²) in [4.78, 5) is 0. The molecule has 1 aliphatic rings. The van der Waals surface area contributed by atoms with Crippen LogP contribution in [-0.2, 0) is 4.74 Å². The highest BCUT2D eigenvalue weighted by atomic mass is 16.5. The van der Waals surface area contributed by atoms with Crippen molar-refractivity contribution >= 4 is 0 Å². The smallest absolute Gasteiger partial charge is 0.0520 e. The average molecular weight is 143 g/mol. The summed E-state index contributed by atoms with van der Waals surface area (Å²) in [6.45, 7) is 7.02. The average Bonchev–Trinajstić information content (AvgIpc) is 1.87. The van der Waals surface area contributed by atoms with E-state index in [1.807, 2.05) is 0 Å². The number of ether oxygens (including phenoxy) is 1. The largest absolute Gasteiger partial charge is 0.381 e. The molecule has 0 aromatic rings. The molecule has 0 radical (unpaired) electrons. The van der Waals surface area contributed by atoms with Crippen LogP contribution >= 0.6 is 0 Å². The highest BCUT2D eigenvalue weighted by Gasteiger charge is 2.31. The van der Waals surface area contributed by atoms with E-state index >= 15 is 0 Å². The first-order chi connectivity index (χ1) is 4.67. The van der Waals surface area contributed by atoms with E-state index in [-0.39, 0.29) is 0 Å². The van der Waals surface area contributed by atoms with Crippen LogP contribution in [0.1, 0.15) is 20.3 Å². The standard InChI is InChI=1S/C8H17NO/c1-8(2)6-10-4-3-7(8)5-9/h7H,3-6,9H2,1-2H3. The Balaban J connectivity index is 2.51. The molecule has 2 heteroatoms. The third-order valence-electron chi connectivity index (χ3n) is 2.47. The molecule has 60 valence electrons. The van der Waals surface area contributed by atoms with Gasteiger partial charge in [-0.05, 0) is 24.3 Å². The van der Waals surface area contributed by atoms with Crippen LogP contribution in [0.3, 0.4) is 0 Å². The normalized spacial score (nSPS) is 32.1. The van der Waals surface area contributed by atoms with E-state index in [1.165, 1.54) is 0 Å². The second-order valence-electron chi connectivity index (χ2n) is 3.76. The summed E-state index contributed by atoms with van der Waals surface area (Å²) in [5, 5.41) is 0. The molecule has 1 fully saturated rings. The fourth-order valence-electron chi connectivity index (χ4n) is 1.51. The van der Waals surface area contributed by atoms with E-state index in [9.17, 15) is 0 Å². The number of hydrogen-bond donors (Lipinski definition) is 1. The van der Waals surface area contributed by atoms with E-state index in [4.69, 9.17) is 10.5 Å². The molecule has 10 heavy (non-hydrogen) atoms. The lowest BCUT2D eigenvalue weighted by Gasteiger charge is -2.37. The monoisotopic (exact) mass is 143 g/mol. The maximum absolute atomic E-state index is 5.62. The predicted octanol–water partition coefficient (Wildman–Crippen LogP) is 1.01. The third kappa shape index (κ3) is 1.50. The van der Waals surface area contributed by atoms with Gasteiger partial charge >= 0.3 is 0 Å². The van der Waals surface area contributed by atoms with Gasteiger partial charge in [0.15, 0.2) is 0 Å². The first-order valence-corrected chi connectivity index (χ1v) is 3.94. The Kier molecular flexibility index (Phi) is 2.32. The first kappa shape index (κ1) is 8.02. The molecule has 0 aromatic heterocycles. The predicted molar refractivity (Wildman–Crippen MR) is 41.8 cm³/mol. The lowest BCUT2D eigenvalue weighted by Crippen LogP contribution is -2.39. The second kappa shape index (κ2) is 2.89. The molecule has 1 heterocycles. The molecule has 0 spiro atoms. The van der Waals surface area contributed by atoms with Gasteiger partial charge < -0.3 is 10.5 Å². The molecule has 1 unspecified atom stereocenters. The molecular formula is C8H17NO. The van der Waals surface area contributed by atoms with Gasteiger partial charge in [-0.15, -0.1) is 0 Å². The van der Waals surface area contributed by atoms with E-state index in [0.717, 1.165) is 26.2 Å². The van der Waals surface area contributed by atoms with Crippen LogP contribution in [0.4, 0.5) is 0 Å². The van der Waals surface area contributed by atoms with Gasteiger partial charge in [-0.25, -0.2) is 0 Å². The van der Waals surface area contributed by atoms with Crippen molar-refractivity contribution in [2.24, 2.45) is 17.1 Å². The Bertz CT molecular complexity index is 112. The summed E-state index contributed by atoms with van der Waals surface area (Å²) < 4.78 is 5.36. The summed E-state index contributed by atoms with van der Waals surface area (Å²) in [6.07, 6.45) is 1.13. The summed E-state index contributed by atoms with van der Waals surface area (Å²) in [6, 6.07) is 0. The Morgan fingerprint density at radius 1 is 1.60 bits per heavy atom. The maximum atomic E-state index is 5.62. The number of rotatable bonds is 1. The number of hydrogen-bond acceptors (Lipinski definition) is 2. The van der Waals surface area contributed by atoms with Crippen LogP contribution in [-0.4, -0.2) is 19.8 Å². The van der Waals surface area contributed by atoms with Gasteiger partial charge in [0.1, 0.15) is 0 Å². The first-order valence-electron chi connectivity index (χ1n) is 3.94. The zero-order valence-electron chi connectivity index (χ0n) is 6.89. The molecule has 0 bridgehead atoms. The van der Waals surface area contributed by atoms with Crippen molar-refractivity contribution in [2.75, 3.05) is 19.8 Å². The van der Waals surface area contributed by atoms with Crippen LogP contribution in [0.25, 0.3) is 0 Å². The van der Waals surface area contributed by atoms with E-state index in [1.54, 1.807) is 0 Å². The number of nitrogens with two attached hydrogens (primary N) is 1. The van der Waals surface area contributed by atoms with Crippen molar-refractivity contribution in [3.8, 4) is 0 Å². The lowest BCUT2D eigenvalue weighted by atomic mass is 9.76. The van der Waals surface area contributed by atoms with Crippen molar-refractivity contribution in [1.29, 1.82) is 0 Å². The fourth-order valence-corrected chi connectivity index (χ4v) is 1.51. The molecule has 0 aliphatic carbocycles. The Morgan fingerprint density at radius 3 is 2.70 bits per heavy atom. The minimum absolute atomic E-state index is 0.299. The SMILES string of the molecule is CC1(C)COCCC1CN. The Labute approximate surface area is 62.7 Å². The zero-order chi connectivity index (χ0) is 7.61. The van der Waals surface area contributed by atoms with Gasteiger partial charge in [-0.3, -0.25) is 0 Å². The van der Waals surface area contributed by atoms with Crippen LogP contribution in [0.2, 0.25) is 0 Å².